The molecular formula is C41H75N19O7. The SMILES string of the molecule is CC(C)C[C@H](N)C(=O)N[C@@H](CCCN=C(N)N)C(=O)N[C@@H](CCCN=C(N)N)C(=O)N[C@@H](CCCN=C(N)N)C(=O)N[C@@H](CCCN=C(N)N)C(=O)N[C@@H](Cc1ccccc1)C(=O)NCCO. The highest BCUT2D eigenvalue weighted by Crippen LogP contribution is 2.10. The number of nitrogens with two attached hydrogens (primary N) is 9. The summed E-state index contributed by atoms with van der Waals surface area (Å²) in [4.78, 5) is 98.7. The van der Waals surface area contributed by atoms with Gasteiger partial charge in [-0.1, -0.05) is 44.2 Å². The maximum Gasteiger partial charge on any atom is 0.243 e. The van der Waals surface area contributed by atoms with Crippen LogP contribution in [0.1, 0.15) is 77.2 Å². The van der Waals surface area contributed by atoms with Crippen LogP contribution in [0, 0.1) is 5.92 Å². The first-order chi connectivity index (χ1) is 31.7. The van der Waals surface area contributed by atoms with E-state index < -0.39 is 71.7 Å². The number of aliphatic hydroxyl groups is 1. The van der Waals surface area contributed by atoms with Crippen LogP contribution >= 0.6 is 0 Å². The first-order valence-corrected chi connectivity index (χ1v) is 22.1. The molecule has 0 aliphatic heterocycles. The maximum absolute atomic E-state index is 14.3. The number of carbonyl (C=O) groups excluding carboxylic acids is 6. The van der Waals surface area contributed by atoms with Crippen molar-refractivity contribution >= 4 is 59.3 Å². The summed E-state index contributed by atoms with van der Waals surface area (Å²) in [5.41, 5.74) is 50.8. The zero-order valence-corrected chi connectivity index (χ0v) is 38.6. The second kappa shape index (κ2) is 32.7. The van der Waals surface area contributed by atoms with Gasteiger partial charge in [0.15, 0.2) is 23.8 Å². The van der Waals surface area contributed by atoms with Gasteiger partial charge in [0, 0.05) is 39.1 Å². The second-order valence-corrected chi connectivity index (χ2v) is 16.0. The van der Waals surface area contributed by atoms with Crippen molar-refractivity contribution in [2.75, 3.05) is 39.3 Å². The van der Waals surface area contributed by atoms with Gasteiger partial charge in [0.25, 0.3) is 0 Å². The fourth-order valence-electron chi connectivity index (χ4n) is 6.43. The van der Waals surface area contributed by atoms with Crippen LogP contribution in [0.2, 0.25) is 0 Å². The van der Waals surface area contributed by atoms with Crippen LogP contribution in [0.4, 0.5) is 0 Å². The highest BCUT2D eigenvalue weighted by molar-refractivity contribution is 5.96. The van der Waals surface area contributed by atoms with E-state index in [1.165, 1.54) is 0 Å². The van der Waals surface area contributed by atoms with E-state index in [4.69, 9.17) is 51.6 Å². The van der Waals surface area contributed by atoms with E-state index in [1.807, 2.05) is 13.8 Å². The quantitative estimate of drug-likeness (QED) is 0.0177. The minimum atomic E-state index is -1.34. The molecule has 6 amide bonds. The van der Waals surface area contributed by atoms with Gasteiger partial charge in [0.1, 0.15) is 30.2 Å². The third-order valence-corrected chi connectivity index (χ3v) is 9.70. The number of hydrogen-bond donors (Lipinski definition) is 16. The molecule has 0 aromatic heterocycles. The Bertz CT molecular complexity index is 1810. The highest BCUT2D eigenvalue weighted by Gasteiger charge is 2.33. The average Bonchev–Trinajstić information content (AvgIpc) is 3.26. The summed E-state index contributed by atoms with van der Waals surface area (Å²) in [6.07, 6.45) is 1.19. The molecule has 25 N–H and O–H groups in total. The minimum Gasteiger partial charge on any atom is -0.395 e. The van der Waals surface area contributed by atoms with Crippen LogP contribution in [-0.2, 0) is 35.2 Å². The number of benzene rings is 1. The van der Waals surface area contributed by atoms with E-state index in [0.29, 0.717) is 6.42 Å². The Labute approximate surface area is 391 Å². The number of rotatable bonds is 33. The molecule has 6 atom stereocenters. The number of guanidine groups is 4. The zero-order chi connectivity index (χ0) is 50.3. The lowest BCUT2D eigenvalue weighted by Gasteiger charge is -2.27. The van der Waals surface area contributed by atoms with Crippen LogP contribution in [0.15, 0.2) is 50.3 Å². The van der Waals surface area contributed by atoms with Gasteiger partial charge < -0.3 is 88.6 Å². The summed E-state index contributed by atoms with van der Waals surface area (Å²) in [6.45, 7) is 3.73. The number of carbonyl (C=O) groups is 6. The fourth-order valence-corrected chi connectivity index (χ4v) is 6.43. The molecule has 0 fully saturated rings. The molecule has 67 heavy (non-hydrogen) atoms. The zero-order valence-electron chi connectivity index (χ0n) is 38.6. The molecule has 0 aliphatic carbocycles. The predicted octanol–water partition coefficient (Wildman–Crippen LogP) is -5.65. The van der Waals surface area contributed by atoms with Gasteiger partial charge in [-0.25, -0.2) is 0 Å². The summed E-state index contributed by atoms with van der Waals surface area (Å²) < 4.78 is 0. The molecule has 0 bridgehead atoms. The highest BCUT2D eigenvalue weighted by atomic mass is 16.3. The molecule has 1 aromatic rings. The van der Waals surface area contributed by atoms with Crippen molar-refractivity contribution in [1.82, 2.24) is 31.9 Å². The second-order valence-electron chi connectivity index (χ2n) is 16.0. The molecule has 26 nitrogen and oxygen atoms in total. The Hall–Kier alpha value is -6.96. The summed E-state index contributed by atoms with van der Waals surface area (Å²) in [5, 5.41) is 25.4. The Morgan fingerprint density at radius 3 is 1.15 bits per heavy atom. The normalized spacial score (nSPS) is 13.4. The molecule has 376 valence electrons. The van der Waals surface area contributed by atoms with E-state index in [0.717, 1.165) is 5.56 Å². The van der Waals surface area contributed by atoms with Crippen molar-refractivity contribution in [2.45, 2.75) is 114 Å². The lowest BCUT2D eigenvalue weighted by molar-refractivity contribution is -0.135. The van der Waals surface area contributed by atoms with E-state index in [1.54, 1.807) is 30.3 Å². The van der Waals surface area contributed by atoms with Crippen molar-refractivity contribution in [3.8, 4) is 0 Å². The first-order valence-electron chi connectivity index (χ1n) is 22.1. The van der Waals surface area contributed by atoms with Crippen LogP contribution in [0.25, 0.3) is 0 Å². The van der Waals surface area contributed by atoms with Crippen molar-refractivity contribution in [1.29, 1.82) is 0 Å². The largest absolute Gasteiger partial charge is 0.395 e. The lowest BCUT2D eigenvalue weighted by atomic mass is 10.0. The van der Waals surface area contributed by atoms with Crippen LogP contribution in [-0.4, -0.2) is 140 Å². The van der Waals surface area contributed by atoms with Gasteiger partial charge in [0.2, 0.25) is 35.4 Å². The standard InChI is InChI=1S/C41H75N19O7/c1-24(2)22-26(42)32(62)56-27(12-6-16-52-38(43)44)34(64)57-28(13-7-17-53-39(45)46)35(65)58-29(14-8-18-54-40(47)48)36(66)59-30(15-9-19-55-41(49)50)37(67)60-31(33(63)51-20-21-61)23-25-10-4-3-5-11-25/h3-5,10-11,24,26-31,61H,6-9,12-23,42H2,1-2H3,(H,51,63)(H,56,62)(H,57,64)(H,58,65)(H,59,66)(H,60,67)(H4,43,44,52)(H4,45,46,53)(H4,47,48,54)(H4,49,50,55)/t26-,27-,28-,29-,30-,31-/m0/s1. The smallest absolute Gasteiger partial charge is 0.243 e. The van der Waals surface area contributed by atoms with Gasteiger partial charge in [-0.15, -0.1) is 0 Å². The van der Waals surface area contributed by atoms with Crippen molar-refractivity contribution in [3.05, 3.63) is 35.9 Å². The Balaban J connectivity index is 3.61. The summed E-state index contributed by atoms with van der Waals surface area (Å²) >= 11 is 0. The predicted molar refractivity (Wildman–Crippen MR) is 257 cm³/mol. The van der Waals surface area contributed by atoms with Crippen LogP contribution in [0.5, 0.6) is 0 Å². The summed E-state index contributed by atoms with van der Waals surface area (Å²) in [5.74, 6) is -4.94. The van der Waals surface area contributed by atoms with Gasteiger partial charge in [-0.3, -0.25) is 48.7 Å². The molecule has 26 heteroatoms. The molecule has 0 heterocycles. The topological polar surface area (TPSA) is 478 Å². The number of aliphatic hydroxyl groups excluding tert-OH is 1. The Morgan fingerprint density at radius 2 is 0.836 bits per heavy atom. The maximum atomic E-state index is 14.3. The summed E-state index contributed by atoms with van der Waals surface area (Å²) in [7, 11) is 0. The molecule has 0 saturated carbocycles. The van der Waals surface area contributed by atoms with Gasteiger partial charge in [-0.2, -0.15) is 0 Å². The Morgan fingerprint density at radius 1 is 0.507 bits per heavy atom. The Kier molecular flexibility index (Phi) is 28.3. The van der Waals surface area contributed by atoms with Crippen LogP contribution in [0.3, 0.4) is 0 Å². The molecule has 0 radical (unpaired) electrons. The number of aliphatic imine (C=N–C) groups is 4. The van der Waals surface area contributed by atoms with E-state index in [-0.39, 0.29) is 127 Å². The van der Waals surface area contributed by atoms with Crippen molar-refractivity contribution < 1.29 is 33.9 Å². The van der Waals surface area contributed by atoms with Gasteiger partial charge in [0.05, 0.1) is 12.6 Å². The molecule has 1 aromatic carbocycles. The molecule has 0 unspecified atom stereocenters. The summed E-state index contributed by atoms with van der Waals surface area (Å²) in [6, 6.07) is 1.70. The molecule has 1 rings (SSSR count). The molecular weight excluding hydrogens is 871 g/mol. The van der Waals surface area contributed by atoms with Crippen molar-refractivity contribution in [2.24, 2.45) is 77.5 Å². The molecule has 0 aliphatic rings. The number of hydrogen-bond acceptors (Lipinski definition) is 12. The van der Waals surface area contributed by atoms with Crippen LogP contribution < -0.4 is 83.5 Å². The average molecular weight is 946 g/mol. The third kappa shape index (κ3) is 26.6. The van der Waals surface area contributed by atoms with E-state index >= 15 is 0 Å². The molecule has 0 saturated heterocycles. The number of nitrogens with zero attached hydrogens (tertiary/aromatic N) is 4. The minimum absolute atomic E-state index is 0.0140. The number of nitrogens with one attached hydrogen (secondary N) is 6. The third-order valence-electron chi connectivity index (χ3n) is 9.70. The van der Waals surface area contributed by atoms with Gasteiger partial charge in [-0.05, 0) is 69.3 Å². The number of amides is 6. The first kappa shape index (κ1) is 58.1. The lowest BCUT2D eigenvalue weighted by Crippen LogP contribution is -2.59. The van der Waals surface area contributed by atoms with Crippen molar-refractivity contribution in [3.63, 3.8) is 0 Å². The van der Waals surface area contributed by atoms with E-state index in [2.05, 4.69) is 51.9 Å². The van der Waals surface area contributed by atoms with Gasteiger partial charge >= 0.3 is 0 Å². The van der Waals surface area contributed by atoms with E-state index in [9.17, 15) is 33.9 Å². The fraction of sp³-hybridized carbons (Fsp3) is 0.610. The monoisotopic (exact) mass is 946 g/mol. The molecule has 0 spiro atoms.